The number of nitrogens with zero attached hydrogens (tertiary/aromatic N) is 1. The van der Waals surface area contributed by atoms with E-state index in [4.69, 9.17) is 5.73 Å². The number of hydrogen-bond acceptors (Lipinski definition) is 2. The predicted molar refractivity (Wildman–Crippen MR) is 78.5 cm³/mol. The lowest BCUT2D eigenvalue weighted by atomic mass is 9.76. The highest BCUT2D eigenvalue weighted by Gasteiger charge is 2.41. The zero-order chi connectivity index (χ0) is 13.3. The summed E-state index contributed by atoms with van der Waals surface area (Å²) in [7, 11) is 0. The summed E-state index contributed by atoms with van der Waals surface area (Å²) in [5, 5.41) is 0. The molecule has 0 heterocycles. The number of rotatable bonds is 5. The Balaban J connectivity index is 1.99. The molecule has 0 aromatic rings. The lowest BCUT2D eigenvalue weighted by molar-refractivity contribution is 0.0649. The SMILES string of the molecule is CC(C)CCN(C1CC1)C1C(C)CC(C)CC1N. The van der Waals surface area contributed by atoms with Crippen molar-refractivity contribution in [2.24, 2.45) is 23.5 Å². The van der Waals surface area contributed by atoms with Crippen LogP contribution in [0.3, 0.4) is 0 Å². The van der Waals surface area contributed by atoms with E-state index in [1.54, 1.807) is 0 Å². The summed E-state index contributed by atoms with van der Waals surface area (Å²) in [6, 6.07) is 1.90. The summed E-state index contributed by atoms with van der Waals surface area (Å²) < 4.78 is 0. The van der Waals surface area contributed by atoms with Crippen LogP contribution in [0.25, 0.3) is 0 Å². The zero-order valence-electron chi connectivity index (χ0n) is 12.7. The van der Waals surface area contributed by atoms with Gasteiger partial charge in [-0.25, -0.2) is 0 Å². The zero-order valence-corrected chi connectivity index (χ0v) is 12.7. The Bertz CT molecular complexity index is 248. The smallest absolute Gasteiger partial charge is 0.0275 e. The van der Waals surface area contributed by atoms with Gasteiger partial charge in [0.1, 0.15) is 0 Å². The van der Waals surface area contributed by atoms with Gasteiger partial charge in [0.25, 0.3) is 0 Å². The molecule has 18 heavy (non-hydrogen) atoms. The molecule has 106 valence electrons. The molecule has 0 aromatic heterocycles. The average molecular weight is 252 g/mol. The second-order valence-electron chi connectivity index (χ2n) is 7.36. The third-order valence-corrected chi connectivity index (χ3v) is 4.83. The first-order valence-corrected chi connectivity index (χ1v) is 8.00. The first kappa shape index (κ1) is 14.3. The maximum atomic E-state index is 6.49. The van der Waals surface area contributed by atoms with Gasteiger partial charge >= 0.3 is 0 Å². The van der Waals surface area contributed by atoms with Crippen molar-refractivity contribution in [3.05, 3.63) is 0 Å². The number of nitrogens with two attached hydrogens (primary N) is 1. The molecule has 0 amide bonds. The molecule has 4 unspecified atom stereocenters. The lowest BCUT2D eigenvalue weighted by Gasteiger charge is -2.45. The molecule has 2 heteroatoms. The van der Waals surface area contributed by atoms with Gasteiger partial charge < -0.3 is 5.73 Å². The van der Waals surface area contributed by atoms with Gasteiger partial charge in [0, 0.05) is 18.1 Å². The van der Waals surface area contributed by atoms with Gasteiger partial charge in [0.05, 0.1) is 0 Å². The monoisotopic (exact) mass is 252 g/mol. The van der Waals surface area contributed by atoms with Gasteiger partial charge in [0.2, 0.25) is 0 Å². The quantitative estimate of drug-likeness (QED) is 0.814. The second kappa shape index (κ2) is 5.92. The van der Waals surface area contributed by atoms with Crippen molar-refractivity contribution in [1.82, 2.24) is 4.90 Å². The molecule has 4 atom stereocenters. The molecule has 0 aliphatic heterocycles. The fourth-order valence-corrected chi connectivity index (χ4v) is 3.86. The fourth-order valence-electron chi connectivity index (χ4n) is 3.86. The molecule has 2 N–H and O–H groups in total. The molecule has 2 fully saturated rings. The van der Waals surface area contributed by atoms with E-state index >= 15 is 0 Å². The van der Waals surface area contributed by atoms with E-state index in [0.29, 0.717) is 12.1 Å². The molecule has 0 spiro atoms. The molecule has 0 aromatic carbocycles. The molecular formula is C16H32N2. The first-order valence-electron chi connectivity index (χ1n) is 8.00. The summed E-state index contributed by atoms with van der Waals surface area (Å²) in [6.45, 7) is 10.7. The Kier molecular flexibility index (Phi) is 4.71. The summed E-state index contributed by atoms with van der Waals surface area (Å²) in [4.78, 5) is 2.78. The van der Waals surface area contributed by atoms with Crippen LogP contribution < -0.4 is 5.73 Å². The molecule has 2 rings (SSSR count). The van der Waals surface area contributed by atoms with E-state index in [1.165, 1.54) is 38.6 Å². The minimum Gasteiger partial charge on any atom is -0.326 e. The molecule has 0 radical (unpaired) electrons. The minimum absolute atomic E-state index is 0.400. The van der Waals surface area contributed by atoms with Gasteiger partial charge in [-0.05, 0) is 56.4 Å². The Morgan fingerprint density at radius 1 is 1.17 bits per heavy atom. The van der Waals surface area contributed by atoms with E-state index in [1.807, 2.05) is 0 Å². The summed E-state index contributed by atoms with van der Waals surface area (Å²) >= 11 is 0. The molecule has 2 aliphatic rings. The van der Waals surface area contributed by atoms with Crippen molar-refractivity contribution in [1.29, 1.82) is 0 Å². The van der Waals surface area contributed by atoms with Crippen LogP contribution in [0.5, 0.6) is 0 Å². The van der Waals surface area contributed by atoms with Gasteiger partial charge in [-0.1, -0.05) is 27.7 Å². The van der Waals surface area contributed by atoms with Crippen LogP contribution in [-0.2, 0) is 0 Å². The molecular weight excluding hydrogens is 220 g/mol. The van der Waals surface area contributed by atoms with Crippen molar-refractivity contribution in [2.45, 2.75) is 77.9 Å². The minimum atomic E-state index is 0.400. The molecule has 2 saturated carbocycles. The maximum Gasteiger partial charge on any atom is 0.0275 e. The Labute approximate surface area is 113 Å². The fraction of sp³-hybridized carbons (Fsp3) is 1.00. The van der Waals surface area contributed by atoms with Gasteiger partial charge in [0.15, 0.2) is 0 Å². The molecule has 0 saturated heterocycles. The van der Waals surface area contributed by atoms with Crippen molar-refractivity contribution in [2.75, 3.05) is 6.54 Å². The van der Waals surface area contributed by atoms with Gasteiger partial charge in [-0.3, -0.25) is 4.90 Å². The highest BCUT2D eigenvalue weighted by Crippen LogP contribution is 2.37. The van der Waals surface area contributed by atoms with Crippen LogP contribution in [0.2, 0.25) is 0 Å². The Morgan fingerprint density at radius 2 is 1.83 bits per heavy atom. The van der Waals surface area contributed by atoms with E-state index in [0.717, 1.165) is 23.8 Å². The summed E-state index contributed by atoms with van der Waals surface area (Å²) in [6.07, 6.45) is 6.72. The van der Waals surface area contributed by atoms with Gasteiger partial charge in [-0.15, -0.1) is 0 Å². The average Bonchev–Trinajstić information content (AvgIpc) is 3.04. The van der Waals surface area contributed by atoms with E-state index in [-0.39, 0.29) is 0 Å². The number of hydrogen-bond donors (Lipinski definition) is 1. The Hall–Kier alpha value is -0.0800. The van der Waals surface area contributed by atoms with Crippen LogP contribution in [0.4, 0.5) is 0 Å². The second-order valence-corrected chi connectivity index (χ2v) is 7.36. The third kappa shape index (κ3) is 3.48. The lowest BCUT2D eigenvalue weighted by Crippen LogP contribution is -2.55. The van der Waals surface area contributed by atoms with E-state index < -0.39 is 0 Å². The van der Waals surface area contributed by atoms with Crippen LogP contribution in [0.15, 0.2) is 0 Å². The van der Waals surface area contributed by atoms with Crippen molar-refractivity contribution in [3.8, 4) is 0 Å². The molecule has 2 nitrogen and oxygen atoms in total. The van der Waals surface area contributed by atoms with E-state index in [2.05, 4.69) is 32.6 Å². The topological polar surface area (TPSA) is 29.3 Å². The first-order chi connectivity index (χ1) is 8.49. The van der Waals surface area contributed by atoms with Crippen LogP contribution >= 0.6 is 0 Å². The largest absolute Gasteiger partial charge is 0.326 e. The normalized spacial score (nSPS) is 37.5. The van der Waals surface area contributed by atoms with Crippen LogP contribution in [-0.4, -0.2) is 29.6 Å². The molecule has 2 aliphatic carbocycles. The van der Waals surface area contributed by atoms with Crippen molar-refractivity contribution in [3.63, 3.8) is 0 Å². The summed E-state index contributed by atoms with van der Waals surface area (Å²) in [5.74, 6) is 2.40. The van der Waals surface area contributed by atoms with E-state index in [9.17, 15) is 0 Å². The van der Waals surface area contributed by atoms with Crippen LogP contribution in [0.1, 0.15) is 59.8 Å². The van der Waals surface area contributed by atoms with Crippen LogP contribution in [0, 0.1) is 17.8 Å². The summed E-state index contributed by atoms with van der Waals surface area (Å²) in [5.41, 5.74) is 6.49. The third-order valence-electron chi connectivity index (χ3n) is 4.83. The maximum absolute atomic E-state index is 6.49. The molecule has 0 bridgehead atoms. The highest BCUT2D eigenvalue weighted by molar-refractivity contribution is 4.98. The highest BCUT2D eigenvalue weighted by atomic mass is 15.2. The van der Waals surface area contributed by atoms with Gasteiger partial charge in [-0.2, -0.15) is 0 Å². The predicted octanol–water partition coefficient (Wildman–Crippen LogP) is 3.26. The Morgan fingerprint density at radius 3 is 2.33 bits per heavy atom. The standard InChI is InChI=1S/C16H32N2/c1-11(2)7-8-18(14-5-6-14)16-13(4)9-12(3)10-15(16)17/h11-16H,5-10,17H2,1-4H3. The van der Waals surface area contributed by atoms with Crippen molar-refractivity contribution < 1.29 is 0 Å². The van der Waals surface area contributed by atoms with Crippen molar-refractivity contribution >= 4 is 0 Å².